The van der Waals surface area contributed by atoms with Gasteiger partial charge in [-0.15, -0.1) is 0 Å². The number of morpholine rings is 1. The normalized spacial score (nSPS) is 20.3. The van der Waals surface area contributed by atoms with Gasteiger partial charge in [0, 0.05) is 19.5 Å². The van der Waals surface area contributed by atoms with Crippen molar-refractivity contribution in [3.63, 3.8) is 0 Å². The molecule has 5 heteroatoms. The van der Waals surface area contributed by atoms with E-state index >= 15 is 0 Å². The number of hydrogen-bond acceptors (Lipinski definition) is 4. The Morgan fingerprint density at radius 3 is 2.54 bits per heavy atom. The molecule has 0 aromatic heterocycles. The first-order valence-corrected chi connectivity index (χ1v) is 9.94. The van der Waals surface area contributed by atoms with E-state index in [2.05, 4.69) is 49.1 Å². The highest BCUT2D eigenvalue weighted by Crippen LogP contribution is 2.33. The fourth-order valence-electron chi connectivity index (χ4n) is 3.79. The Hall–Kier alpha value is -2.50. The average molecular weight is 377 g/mol. The third-order valence-electron chi connectivity index (χ3n) is 5.65. The van der Waals surface area contributed by atoms with E-state index in [-0.39, 0.29) is 11.9 Å². The quantitative estimate of drug-likeness (QED) is 0.821. The van der Waals surface area contributed by atoms with Gasteiger partial charge in [-0.05, 0) is 42.2 Å². The van der Waals surface area contributed by atoms with Gasteiger partial charge in [-0.2, -0.15) is 5.10 Å². The van der Waals surface area contributed by atoms with Gasteiger partial charge in [0.05, 0.1) is 31.5 Å². The van der Waals surface area contributed by atoms with Gasteiger partial charge in [0.1, 0.15) is 0 Å². The zero-order valence-electron chi connectivity index (χ0n) is 16.6. The first kappa shape index (κ1) is 18.8. The van der Waals surface area contributed by atoms with E-state index < -0.39 is 0 Å². The van der Waals surface area contributed by atoms with Crippen LogP contribution in [0.3, 0.4) is 0 Å². The first-order valence-electron chi connectivity index (χ1n) is 9.94. The minimum Gasteiger partial charge on any atom is -0.379 e. The molecule has 2 aromatic carbocycles. The molecule has 2 heterocycles. The largest absolute Gasteiger partial charge is 0.379 e. The van der Waals surface area contributed by atoms with E-state index in [1.165, 1.54) is 11.1 Å². The summed E-state index contributed by atoms with van der Waals surface area (Å²) in [4.78, 5) is 15.3. The van der Waals surface area contributed by atoms with Crippen molar-refractivity contribution in [3.8, 4) is 0 Å². The lowest BCUT2D eigenvalue weighted by Crippen LogP contribution is -2.43. The number of benzene rings is 2. The summed E-state index contributed by atoms with van der Waals surface area (Å²) in [6.07, 6.45) is 0.737. The van der Waals surface area contributed by atoms with E-state index in [9.17, 15) is 4.79 Å². The molecule has 0 N–H and O–H groups in total. The topological polar surface area (TPSA) is 45.1 Å². The Morgan fingerprint density at radius 1 is 1.07 bits per heavy atom. The van der Waals surface area contributed by atoms with E-state index in [0.717, 1.165) is 36.3 Å². The first-order chi connectivity index (χ1) is 13.6. The fourth-order valence-corrected chi connectivity index (χ4v) is 3.79. The number of nitrogens with zero attached hydrogens (tertiary/aromatic N) is 3. The van der Waals surface area contributed by atoms with Crippen LogP contribution in [-0.2, 0) is 9.53 Å². The highest BCUT2D eigenvalue weighted by atomic mass is 16.5. The highest BCUT2D eigenvalue weighted by molar-refractivity contribution is 6.03. The third-order valence-corrected chi connectivity index (χ3v) is 5.65. The molecule has 28 heavy (non-hydrogen) atoms. The number of carbonyl (C=O) groups excluding carboxylic acids is 1. The maximum atomic E-state index is 13.1. The molecule has 1 saturated heterocycles. The summed E-state index contributed by atoms with van der Waals surface area (Å²) in [5.41, 5.74) is 5.72. The number of hydrazone groups is 1. The number of rotatable bonds is 4. The van der Waals surface area contributed by atoms with E-state index in [0.29, 0.717) is 19.8 Å². The van der Waals surface area contributed by atoms with Crippen molar-refractivity contribution in [2.45, 2.75) is 26.3 Å². The molecule has 0 aliphatic carbocycles. The van der Waals surface area contributed by atoms with Gasteiger partial charge in [0.15, 0.2) is 0 Å². The van der Waals surface area contributed by atoms with Crippen LogP contribution in [-0.4, -0.2) is 54.4 Å². The lowest BCUT2D eigenvalue weighted by molar-refractivity contribution is -0.135. The van der Waals surface area contributed by atoms with Crippen molar-refractivity contribution in [1.82, 2.24) is 9.91 Å². The molecular formula is C23H27N3O2. The van der Waals surface area contributed by atoms with Crippen LogP contribution in [0.25, 0.3) is 0 Å². The minimum atomic E-state index is -0.0497. The number of hydrogen-bond donors (Lipinski definition) is 0. The van der Waals surface area contributed by atoms with Crippen molar-refractivity contribution in [1.29, 1.82) is 0 Å². The molecule has 0 spiro atoms. The van der Waals surface area contributed by atoms with Crippen molar-refractivity contribution >= 4 is 11.6 Å². The zero-order valence-corrected chi connectivity index (χ0v) is 16.6. The van der Waals surface area contributed by atoms with E-state index in [1.54, 1.807) is 5.01 Å². The van der Waals surface area contributed by atoms with Gasteiger partial charge in [-0.3, -0.25) is 9.69 Å². The van der Waals surface area contributed by atoms with Crippen LogP contribution in [0.4, 0.5) is 0 Å². The summed E-state index contributed by atoms with van der Waals surface area (Å²) in [5.74, 6) is 0.0505. The monoisotopic (exact) mass is 377 g/mol. The van der Waals surface area contributed by atoms with Crippen molar-refractivity contribution in [3.05, 3.63) is 70.8 Å². The fraction of sp³-hybridized carbons (Fsp3) is 0.391. The maximum absolute atomic E-state index is 13.1. The van der Waals surface area contributed by atoms with Crippen molar-refractivity contribution in [2.75, 3.05) is 32.8 Å². The molecule has 146 valence electrons. The summed E-state index contributed by atoms with van der Waals surface area (Å²) in [5, 5.41) is 6.50. The predicted octanol–water partition coefficient (Wildman–Crippen LogP) is 3.31. The smallest absolute Gasteiger partial charge is 0.257 e. The van der Waals surface area contributed by atoms with Crippen LogP contribution in [0.1, 0.15) is 34.7 Å². The standard InChI is InChI=1S/C23H27N3O2/c1-17-8-9-20(14-18(17)2)21-15-22(19-6-4-3-5-7-19)26(24-21)23(27)16-25-10-12-28-13-11-25/h3-9,14,22H,10-13,15-16H2,1-2H3/t22-/m1/s1. The molecule has 1 atom stereocenters. The summed E-state index contributed by atoms with van der Waals surface area (Å²) < 4.78 is 5.40. The van der Waals surface area contributed by atoms with Gasteiger partial charge >= 0.3 is 0 Å². The Labute approximate surface area is 166 Å². The maximum Gasteiger partial charge on any atom is 0.257 e. The van der Waals surface area contributed by atoms with Crippen molar-refractivity contribution in [2.24, 2.45) is 5.10 Å². The second kappa shape index (κ2) is 8.25. The third kappa shape index (κ3) is 4.01. The molecule has 0 saturated carbocycles. The lowest BCUT2D eigenvalue weighted by Gasteiger charge is -2.29. The Morgan fingerprint density at radius 2 is 1.82 bits per heavy atom. The second-order valence-electron chi connectivity index (χ2n) is 7.60. The van der Waals surface area contributed by atoms with Gasteiger partial charge in [0.2, 0.25) is 0 Å². The molecule has 1 amide bonds. The van der Waals surface area contributed by atoms with Gasteiger partial charge in [0.25, 0.3) is 5.91 Å². The molecular weight excluding hydrogens is 350 g/mol. The SMILES string of the molecule is Cc1ccc(C2=NN(C(=O)CN3CCOCC3)[C@@H](c3ccccc3)C2)cc1C. The summed E-state index contributed by atoms with van der Waals surface area (Å²) in [6, 6.07) is 16.6. The van der Waals surface area contributed by atoms with Crippen LogP contribution >= 0.6 is 0 Å². The highest BCUT2D eigenvalue weighted by Gasteiger charge is 2.33. The zero-order chi connectivity index (χ0) is 19.5. The van der Waals surface area contributed by atoms with Gasteiger partial charge < -0.3 is 4.74 Å². The van der Waals surface area contributed by atoms with E-state index in [1.807, 2.05) is 18.2 Å². The van der Waals surface area contributed by atoms with Crippen LogP contribution in [0.15, 0.2) is 53.6 Å². The van der Waals surface area contributed by atoms with Crippen LogP contribution in [0.2, 0.25) is 0 Å². The molecule has 4 rings (SSSR count). The Balaban J connectivity index is 1.61. The van der Waals surface area contributed by atoms with Crippen LogP contribution < -0.4 is 0 Å². The molecule has 0 unspecified atom stereocenters. The molecule has 0 bridgehead atoms. The summed E-state index contributed by atoms with van der Waals surface area (Å²) >= 11 is 0. The van der Waals surface area contributed by atoms with Crippen molar-refractivity contribution < 1.29 is 9.53 Å². The van der Waals surface area contributed by atoms with Crippen LogP contribution in [0, 0.1) is 13.8 Å². The Bertz CT molecular complexity index is 873. The van der Waals surface area contributed by atoms with Crippen LogP contribution in [0.5, 0.6) is 0 Å². The van der Waals surface area contributed by atoms with Gasteiger partial charge in [-0.25, -0.2) is 5.01 Å². The molecule has 2 aromatic rings. The lowest BCUT2D eigenvalue weighted by atomic mass is 9.96. The number of amides is 1. The molecule has 1 fully saturated rings. The second-order valence-corrected chi connectivity index (χ2v) is 7.60. The number of aryl methyl sites for hydroxylation is 2. The number of ether oxygens (including phenoxy) is 1. The number of carbonyl (C=O) groups is 1. The van der Waals surface area contributed by atoms with Gasteiger partial charge in [-0.1, -0.05) is 42.5 Å². The summed E-state index contributed by atoms with van der Waals surface area (Å²) in [6.45, 7) is 7.58. The molecule has 5 nitrogen and oxygen atoms in total. The molecule has 0 radical (unpaired) electrons. The predicted molar refractivity (Wildman–Crippen MR) is 110 cm³/mol. The van der Waals surface area contributed by atoms with E-state index in [4.69, 9.17) is 9.84 Å². The average Bonchev–Trinajstić information content (AvgIpc) is 3.17. The summed E-state index contributed by atoms with van der Waals surface area (Å²) in [7, 11) is 0. The molecule has 2 aliphatic heterocycles. The minimum absolute atomic E-state index is 0.0497. The Kier molecular flexibility index (Phi) is 5.55. The molecule has 2 aliphatic rings.